The second kappa shape index (κ2) is 5.67. The van der Waals surface area contributed by atoms with Crippen LogP contribution in [0.4, 0.5) is 0 Å². The second-order valence-electron chi connectivity index (χ2n) is 3.82. The zero-order valence-corrected chi connectivity index (χ0v) is 11.9. The van der Waals surface area contributed by atoms with Crippen molar-refractivity contribution in [2.75, 3.05) is 7.11 Å². The highest BCUT2D eigenvalue weighted by molar-refractivity contribution is 9.10. The third-order valence-corrected chi connectivity index (χ3v) is 3.85. The Morgan fingerprint density at radius 3 is 2.88 bits per heavy atom. The van der Waals surface area contributed by atoms with Crippen LogP contribution in [0.3, 0.4) is 0 Å². The highest BCUT2D eigenvalue weighted by Gasteiger charge is 2.11. The molecule has 0 spiro atoms. The van der Waals surface area contributed by atoms with Crippen molar-refractivity contribution in [3.63, 3.8) is 0 Å². The Bertz CT molecular complexity index is 484. The fourth-order valence-corrected chi connectivity index (χ4v) is 2.88. The molecule has 1 aromatic carbocycles. The van der Waals surface area contributed by atoms with E-state index in [4.69, 9.17) is 10.5 Å². The zero-order chi connectivity index (χ0) is 12.3. The fraction of sp³-hybridized carbons (Fsp3) is 0.231. The maximum atomic E-state index is 6.18. The van der Waals surface area contributed by atoms with Crippen molar-refractivity contribution in [3.8, 4) is 5.75 Å². The quantitative estimate of drug-likeness (QED) is 0.933. The smallest absolute Gasteiger partial charge is 0.122 e. The molecule has 0 saturated carbocycles. The lowest BCUT2D eigenvalue weighted by Gasteiger charge is -2.13. The molecule has 0 aliphatic rings. The Labute approximate surface area is 114 Å². The SMILES string of the molecule is COc1ccc(Br)cc1CC(N)c1ccsc1. The lowest BCUT2D eigenvalue weighted by Crippen LogP contribution is -2.13. The molecule has 0 aliphatic carbocycles. The van der Waals surface area contributed by atoms with E-state index in [-0.39, 0.29) is 6.04 Å². The van der Waals surface area contributed by atoms with Crippen LogP contribution < -0.4 is 10.5 Å². The van der Waals surface area contributed by atoms with Crippen molar-refractivity contribution in [2.45, 2.75) is 12.5 Å². The van der Waals surface area contributed by atoms with Gasteiger partial charge in [-0.05, 0) is 52.6 Å². The molecule has 0 aliphatic heterocycles. The second-order valence-corrected chi connectivity index (χ2v) is 5.52. The minimum Gasteiger partial charge on any atom is -0.496 e. The summed E-state index contributed by atoms with van der Waals surface area (Å²) in [7, 11) is 1.68. The summed E-state index contributed by atoms with van der Waals surface area (Å²) in [5.74, 6) is 0.888. The van der Waals surface area contributed by atoms with Crippen molar-refractivity contribution in [1.82, 2.24) is 0 Å². The van der Waals surface area contributed by atoms with Gasteiger partial charge in [0, 0.05) is 10.5 Å². The van der Waals surface area contributed by atoms with Gasteiger partial charge in [-0.2, -0.15) is 11.3 Å². The minimum atomic E-state index is 0.0180. The molecule has 0 fully saturated rings. The molecule has 1 unspecified atom stereocenters. The predicted octanol–water partition coefficient (Wildman–Crippen LogP) is 3.76. The van der Waals surface area contributed by atoms with Gasteiger partial charge in [0.05, 0.1) is 7.11 Å². The van der Waals surface area contributed by atoms with Crippen molar-refractivity contribution in [1.29, 1.82) is 0 Å². The van der Waals surface area contributed by atoms with Crippen molar-refractivity contribution in [2.24, 2.45) is 5.73 Å². The summed E-state index contributed by atoms with van der Waals surface area (Å²) in [6.07, 6.45) is 0.777. The molecule has 2 aromatic rings. The molecule has 1 atom stereocenters. The summed E-state index contributed by atoms with van der Waals surface area (Å²) in [4.78, 5) is 0. The fourth-order valence-electron chi connectivity index (χ4n) is 1.75. The number of nitrogens with two attached hydrogens (primary N) is 1. The lowest BCUT2D eigenvalue weighted by molar-refractivity contribution is 0.408. The Balaban J connectivity index is 2.20. The van der Waals surface area contributed by atoms with Gasteiger partial charge in [-0.15, -0.1) is 0 Å². The molecule has 2 rings (SSSR count). The number of hydrogen-bond donors (Lipinski definition) is 1. The van der Waals surface area contributed by atoms with Crippen molar-refractivity contribution < 1.29 is 4.74 Å². The van der Waals surface area contributed by atoms with Gasteiger partial charge in [0.1, 0.15) is 5.75 Å². The maximum Gasteiger partial charge on any atom is 0.122 e. The molecule has 1 aromatic heterocycles. The Hall–Kier alpha value is -0.840. The van der Waals surface area contributed by atoms with E-state index >= 15 is 0 Å². The molecule has 0 amide bonds. The van der Waals surface area contributed by atoms with Gasteiger partial charge in [-0.25, -0.2) is 0 Å². The molecule has 0 saturated heterocycles. The summed E-state index contributed by atoms with van der Waals surface area (Å²) in [6.45, 7) is 0. The first kappa shape index (κ1) is 12.6. The number of hydrogen-bond acceptors (Lipinski definition) is 3. The normalized spacial score (nSPS) is 12.4. The van der Waals surface area contributed by atoms with Crippen LogP contribution in [-0.4, -0.2) is 7.11 Å². The third-order valence-electron chi connectivity index (χ3n) is 2.65. The third kappa shape index (κ3) is 3.09. The number of rotatable bonds is 4. The van der Waals surface area contributed by atoms with E-state index in [0.29, 0.717) is 0 Å². The molecule has 0 bridgehead atoms. The van der Waals surface area contributed by atoms with Crippen LogP contribution in [0.25, 0.3) is 0 Å². The maximum absolute atomic E-state index is 6.18. The van der Waals surface area contributed by atoms with Gasteiger partial charge in [0.15, 0.2) is 0 Å². The number of ether oxygens (including phenoxy) is 1. The first-order valence-corrected chi connectivity index (χ1v) is 7.04. The van der Waals surface area contributed by atoms with Crippen LogP contribution in [0.1, 0.15) is 17.2 Å². The zero-order valence-electron chi connectivity index (χ0n) is 9.52. The molecular weight excluding hydrogens is 298 g/mol. The van der Waals surface area contributed by atoms with Crippen LogP contribution in [-0.2, 0) is 6.42 Å². The van der Waals surface area contributed by atoms with Crippen molar-refractivity contribution >= 4 is 27.3 Å². The van der Waals surface area contributed by atoms with Gasteiger partial charge < -0.3 is 10.5 Å². The van der Waals surface area contributed by atoms with E-state index in [9.17, 15) is 0 Å². The molecule has 0 radical (unpaired) electrons. The predicted molar refractivity (Wildman–Crippen MR) is 75.6 cm³/mol. The van der Waals surface area contributed by atoms with Crippen LogP contribution >= 0.6 is 27.3 Å². The summed E-state index contributed by atoms with van der Waals surface area (Å²) < 4.78 is 6.39. The summed E-state index contributed by atoms with van der Waals surface area (Å²) in [5, 5.41) is 4.14. The van der Waals surface area contributed by atoms with Crippen LogP contribution in [0.15, 0.2) is 39.5 Å². The molecule has 2 nitrogen and oxygen atoms in total. The van der Waals surface area contributed by atoms with Crippen LogP contribution in [0, 0.1) is 0 Å². The molecule has 17 heavy (non-hydrogen) atoms. The molecule has 4 heteroatoms. The van der Waals surface area contributed by atoms with Crippen LogP contribution in [0.5, 0.6) is 5.75 Å². The number of methoxy groups -OCH3 is 1. The van der Waals surface area contributed by atoms with Crippen LogP contribution in [0.2, 0.25) is 0 Å². The monoisotopic (exact) mass is 311 g/mol. The van der Waals surface area contributed by atoms with Gasteiger partial charge in [0.25, 0.3) is 0 Å². The van der Waals surface area contributed by atoms with Gasteiger partial charge in [0.2, 0.25) is 0 Å². The largest absolute Gasteiger partial charge is 0.496 e. The van der Waals surface area contributed by atoms with E-state index in [1.807, 2.05) is 17.5 Å². The van der Waals surface area contributed by atoms with Gasteiger partial charge >= 0.3 is 0 Å². The van der Waals surface area contributed by atoms with E-state index in [1.54, 1.807) is 18.4 Å². The highest BCUT2D eigenvalue weighted by atomic mass is 79.9. The van der Waals surface area contributed by atoms with Gasteiger partial charge in [-0.3, -0.25) is 0 Å². The lowest BCUT2D eigenvalue weighted by atomic mass is 10.0. The summed E-state index contributed by atoms with van der Waals surface area (Å²) in [6, 6.07) is 8.08. The van der Waals surface area contributed by atoms with E-state index in [2.05, 4.69) is 33.4 Å². The minimum absolute atomic E-state index is 0.0180. The Morgan fingerprint density at radius 2 is 2.24 bits per heavy atom. The number of thiophene rings is 1. The van der Waals surface area contributed by atoms with E-state index in [1.165, 1.54) is 5.56 Å². The highest BCUT2D eigenvalue weighted by Crippen LogP contribution is 2.27. The average Bonchev–Trinajstić information content (AvgIpc) is 2.83. The first-order chi connectivity index (χ1) is 8.20. The molecular formula is C13H14BrNOS. The van der Waals surface area contributed by atoms with Crippen molar-refractivity contribution in [3.05, 3.63) is 50.6 Å². The average molecular weight is 312 g/mol. The molecule has 1 heterocycles. The Kier molecular flexibility index (Phi) is 4.20. The number of benzene rings is 1. The summed E-state index contributed by atoms with van der Waals surface area (Å²) in [5.41, 5.74) is 8.48. The number of halogens is 1. The topological polar surface area (TPSA) is 35.2 Å². The van der Waals surface area contributed by atoms with E-state index < -0.39 is 0 Å². The Morgan fingerprint density at radius 1 is 1.41 bits per heavy atom. The molecule has 2 N–H and O–H groups in total. The van der Waals surface area contributed by atoms with E-state index in [0.717, 1.165) is 22.2 Å². The summed E-state index contributed by atoms with van der Waals surface area (Å²) >= 11 is 5.14. The molecule has 90 valence electrons. The first-order valence-electron chi connectivity index (χ1n) is 5.31. The standard InChI is InChI=1S/C13H14BrNOS/c1-16-13-3-2-11(14)6-10(13)7-12(15)9-4-5-17-8-9/h2-6,8,12H,7,15H2,1H3. The van der Waals surface area contributed by atoms with Gasteiger partial charge in [-0.1, -0.05) is 15.9 Å².